The molecule has 242 valence electrons. The van der Waals surface area contributed by atoms with Crippen molar-refractivity contribution in [2.75, 3.05) is 25.0 Å². The van der Waals surface area contributed by atoms with Crippen LogP contribution in [0.3, 0.4) is 0 Å². The first-order valence-corrected chi connectivity index (χ1v) is 15.3. The first-order valence-electron chi connectivity index (χ1n) is 14.9. The molecule has 1 fully saturated rings. The first kappa shape index (κ1) is 32.2. The monoisotopic (exact) mass is 665 g/mol. The van der Waals surface area contributed by atoms with Crippen LogP contribution in [0.1, 0.15) is 5.89 Å². The predicted octanol–water partition coefficient (Wildman–Crippen LogP) is 8.42. The summed E-state index contributed by atoms with van der Waals surface area (Å²) in [6.45, 7) is 2.05. The Labute approximate surface area is 280 Å². The summed E-state index contributed by atoms with van der Waals surface area (Å²) in [6.07, 6.45) is -2.13. The molecule has 2 atom stereocenters. The van der Waals surface area contributed by atoms with Gasteiger partial charge in [0.25, 0.3) is 0 Å². The number of likely N-dealkylation sites (N-methyl/N-ethyl adjacent to an activating group) is 1. The number of benzene rings is 5. The number of aromatic nitrogens is 2. The lowest BCUT2D eigenvalue weighted by Gasteiger charge is -2.29. The zero-order chi connectivity index (χ0) is 33.8. The number of halogens is 1. The van der Waals surface area contributed by atoms with E-state index in [1.165, 1.54) is 4.90 Å². The number of anilines is 1. The van der Waals surface area contributed by atoms with E-state index in [-0.39, 0.29) is 13.1 Å². The molecular formula is C36H30ClN4O7+. The lowest BCUT2D eigenvalue weighted by Crippen LogP contribution is -2.54. The van der Waals surface area contributed by atoms with E-state index < -0.39 is 28.2 Å². The van der Waals surface area contributed by atoms with Gasteiger partial charge in [-0.1, -0.05) is 59.8 Å². The van der Waals surface area contributed by atoms with Gasteiger partial charge in [0.15, 0.2) is 6.10 Å². The third-order valence-electron chi connectivity index (χ3n) is 8.05. The highest BCUT2D eigenvalue weighted by Crippen LogP contribution is 2.30. The van der Waals surface area contributed by atoms with E-state index in [9.17, 15) is 19.5 Å². The Morgan fingerprint density at radius 2 is 1.54 bits per heavy atom. The maximum absolute atomic E-state index is 12.6. The van der Waals surface area contributed by atoms with Gasteiger partial charge in [0, 0.05) is 41.9 Å². The van der Waals surface area contributed by atoms with Crippen LogP contribution in [-0.2, 0) is 4.74 Å². The summed E-state index contributed by atoms with van der Waals surface area (Å²) in [5.41, 5.74) is 1.20. The number of ether oxygens (including phenoxy) is 2. The molecule has 7 rings (SSSR count). The van der Waals surface area contributed by atoms with Gasteiger partial charge in [-0.25, -0.2) is 9.59 Å². The van der Waals surface area contributed by atoms with Crippen molar-refractivity contribution < 1.29 is 33.5 Å². The molecule has 6 aromatic rings. The second-order valence-corrected chi connectivity index (χ2v) is 11.6. The van der Waals surface area contributed by atoms with Gasteiger partial charge >= 0.3 is 17.6 Å². The molecule has 11 nitrogen and oxygen atoms in total. The fourth-order valence-corrected chi connectivity index (χ4v) is 5.63. The maximum atomic E-state index is 12.6. The number of carbonyl (C=O) groups is 3. The van der Waals surface area contributed by atoms with Crippen molar-refractivity contribution in [2.24, 2.45) is 0 Å². The number of rotatable bonds is 6. The lowest BCUT2D eigenvalue weighted by molar-refractivity contribution is 0.107. The molecule has 2 unspecified atom stereocenters. The molecule has 0 bridgehead atoms. The van der Waals surface area contributed by atoms with Gasteiger partial charge < -0.3 is 19.1 Å². The number of cyclic esters (lactones) is 1. The topological polar surface area (TPSA) is 132 Å². The first-order chi connectivity index (χ1) is 23.1. The molecule has 48 heavy (non-hydrogen) atoms. The Kier molecular flexibility index (Phi) is 9.06. The van der Waals surface area contributed by atoms with Crippen molar-refractivity contribution in [1.29, 1.82) is 0 Å². The molecule has 1 aliphatic heterocycles. The average Bonchev–Trinajstić information content (AvgIpc) is 3.68. The van der Waals surface area contributed by atoms with Crippen molar-refractivity contribution in [2.45, 2.75) is 13.0 Å². The lowest BCUT2D eigenvalue weighted by atomic mass is 10.1. The summed E-state index contributed by atoms with van der Waals surface area (Å²) < 4.78 is 14.9. The Morgan fingerprint density at radius 1 is 0.917 bits per heavy atom. The van der Waals surface area contributed by atoms with Crippen LogP contribution >= 0.6 is 11.6 Å². The Bertz CT molecular complexity index is 2130. The standard InChI is InChI=1S/C25H22N4O5.C11H7ClO2/c1-16-26-23(27-34-16)18-7-10-20(11-8-18)28-14-22(33-24(28)30)15-29(2,25(31)32)21-12-9-17-5-3-4-6-19(17)13-21;12-11(13)14-10-6-5-8-3-1-2-4-9(8)7-10/h3-13,22H,14-15H2,1-2H3;1-7H/p+1. The quantitative estimate of drug-likeness (QED) is 0.137. The predicted molar refractivity (Wildman–Crippen MR) is 182 cm³/mol. The summed E-state index contributed by atoms with van der Waals surface area (Å²) in [5.74, 6) is 1.40. The molecule has 0 spiro atoms. The molecule has 1 N–H and O–H groups in total. The van der Waals surface area contributed by atoms with Gasteiger partial charge in [-0.15, -0.1) is 0 Å². The summed E-state index contributed by atoms with van der Waals surface area (Å²) in [4.78, 5) is 41.2. The molecule has 2 amide bonds. The number of carboxylic acid groups (broad SMARTS) is 1. The van der Waals surface area contributed by atoms with E-state index in [1.54, 1.807) is 50.4 Å². The van der Waals surface area contributed by atoms with Crippen molar-refractivity contribution in [1.82, 2.24) is 14.6 Å². The molecule has 0 aliphatic carbocycles. The minimum absolute atomic E-state index is 0.0934. The van der Waals surface area contributed by atoms with Gasteiger partial charge in [0.2, 0.25) is 11.7 Å². The number of fused-ring (bicyclic) bond motifs is 2. The molecule has 0 saturated carbocycles. The van der Waals surface area contributed by atoms with Gasteiger partial charge in [-0.3, -0.25) is 4.90 Å². The van der Waals surface area contributed by atoms with Crippen LogP contribution in [0.2, 0.25) is 0 Å². The fraction of sp³-hybridized carbons (Fsp3) is 0.139. The van der Waals surface area contributed by atoms with E-state index in [0.29, 0.717) is 28.8 Å². The fourth-order valence-electron chi connectivity index (χ4n) is 5.54. The number of hydrogen-bond donors (Lipinski definition) is 1. The molecule has 12 heteroatoms. The zero-order valence-electron chi connectivity index (χ0n) is 25.9. The third-order valence-corrected chi connectivity index (χ3v) is 8.13. The summed E-state index contributed by atoms with van der Waals surface area (Å²) in [7, 11) is 1.62. The van der Waals surface area contributed by atoms with Crippen molar-refractivity contribution in [3.8, 4) is 17.1 Å². The number of carbonyl (C=O) groups excluding carboxylic acids is 2. The molecular weight excluding hydrogens is 636 g/mol. The van der Waals surface area contributed by atoms with E-state index in [0.717, 1.165) is 27.1 Å². The number of quaternary nitrogens is 1. The molecule has 0 radical (unpaired) electrons. The Hall–Kier alpha value is -5.78. The van der Waals surface area contributed by atoms with E-state index >= 15 is 0 Å². The number of aryl methyl sites for hydroxylation is 1. The van der Waals surface area contributed by atoms with Crippen LogP contribution in [0.5, 0.6) is 5.75 Å². The number of nitrogens with zero attached hydrogens (tertiary/aromatic N) is 4. The van der Waals surface area contributed by atoms with Gasteiger partial charge in [0.05, 0.1) is 13.6 Å². The Morgan fingerprint density at radius 3 is 2.15 bits per heavy atom. The van der Waals surface area contributed by atoms with Crippen LogP contribution in [-0.4, -0.2) is 59.1 Å². The van der Waals surface area contributed by atoms with Crippen LogP contribution < -0.4 is 14.1 Å². The normalized spacial score (nSPS) is 15.4. The second-order valence-electron chi connectivity index (χ2n) is 11.3. The van der Waals surface area contributed by atoms with Gasteiger partial charge in [-0.2, -0.15) is 14.3 Å². The summed E-state index contributed by atoms with van der Waals surface area (Å²) >= 11 is 5.10. The second kappa shape index (κ2) is 13.5. The van der Waals surface area contributed by atoms with Crippen molar-refractivity contribution in [3.63, 3.8) is 0 Å². The van der Waals surface area contributed by atoms with E-state index in [2.05, 4.69) is 10.1 Å². The number of amides is 2. The van der Waals surface area contributed by atoms with E-state index in [4.69, 9.17) is 25.6 Å². The molecule has 1 aliphatic rings. The van der Waals surface area contributed by atoms with Gasteiger partial charge in [-0.05, 0) is 64.0 Å². The van der Waals surface area contributed by atoms with Crippen molar-refractivity contribution >= 4 is 62.1 Å². The molecule has 1 aromatic heterocycles. The largest absolute Gasteiger partial charge is 0.518 e. The zero-order valence-corrected chi connectivity index (χ0v) is 26.7. The summed E-state index contributed by atoms with van der Waals surface area (Å²) in [5, 5.41) is 18.1. The number of hydrogen-bond acceptors (Lipinski definition) is 8. The minimum Gasteiger partial charge on any atom is -0.438 e. The highest BCUT2D eigenvalue weighted by molar-refractivity contribution is 6.61. The average molecular weight is 666 g/mol. The maximum Gasteiger partial charge on any atom is 0.518 e. The van der Waals surface area contributed by atoms with Crippen LogP contribution in [0, 0.1) is 6.92 Å². The van der Waals surface area contributed by atoms with Crippen molar-refractivity contribution in [3.05, 3.63) is 115 Å². The summed E-state index contributed by atoms with van der Waals surface area (Å²) in [6, 6.07) is 33.7. The van der Waals surface area contributed by atoms with Crippen LogP contribution in [0.25, 0.3) is 32.9 Å². The molecule has 5 aromatic carbocycles. The Balaban J connectivity index is 0.000000239. The van der Waals surface area contributed by atoms with E-state index in [1.807, 2.05) is 72.8 Å². The van der Waals surface area contributed by atoms with Gasteiger partial charge in [0.1, 0.15) is 18.0 Å². The third kappa shape index (κ3) is 6.97. The highest BCUT2D eigenvalue weighted by atomic mass is 35.5. The highest BCUT2D eigenvalue weighted by Gasteiger charge is 2.43. The van der Waals surface area contributed by atoms with Crippen LogP contribution in [0.4, 0.5) is 25.8 Å². The molecule has 2 heterocycles. The smallest absolute Gasteiger partial charge is 0.438 e. The minimum atomic E-state index is -1.02. The SMILES string of the molecule is Cc1nc(-c2ccc(N3CC(C[N+](C)(C(=O)O)c4ccc5ccccc5c4)OC3=O)cc2)no1.O=C(Cl)Oc1ccc2ccccc2c1. The molecule has 1 saturated heterocycles. The van der Waals surface area contributed by atoms with Crippen LogP contribution in [0.15, 0.2) is 114 Å².